The summed E-state index contributed by atoms with van der Waals surface area (Å²) in [7, 11) is 1.65. The minimum Gasteiger partial charge on any atom is -0.359 e. The number of carbonyl (C=O) groups is 2. The summed E-state index contributed by atoms with van der Waals surface area (Å²) in [5, 5.41) is 5.90. The molecule has 0 aliphatic carbocycles. The summed E-state index contributed by atoms with van der Waals surface area (Å²) in [5.41, 5.74) is -0.414. The number of nitrogens with zero attached hydrogens (tertiary/aromatic N) is 1. The Labute approximate surface area is 102 Å². The van der Waals surface area contributed by atoms with E-state index in [4.69, 9.17) is 0 Å². The van der Waals surface area contributed by atoms with E-state index in [0.717, 1.165) is 25.8 Å². The smallest absolute Gasteiger partial charge is 0.239 e. The van der Waals surface area contributed by atoms with Crippen LogP contribution in [-0.2, 0) is 9.59 Å². The lowest BCUT2D eigenvalue weighted by molar-refractivity contribution is -0.133. The van der Waals surface area contributed by atoms with Crippen molar-refractivity contribution >= 4 is 11.8 Å². The number of hydrogen-bond donors (Lipinski definition) is 2. The zero-order valence-electron chi connectivity index (χ0n) is 10.6. The minimum atomic E-state index is -0.414. The highest BCUT2D eigenvalue weighted by atomic mass is 16.2. The highest BCUT2D eigenvalue weighted by Crippen LogP contribution is 2.30. The molecule has 0 aromatic carbocycles. The predicted molar refractivity (Wildman–Crippen MR) is 64.4 cm³/mol. The molecule has 0 radical (unpaired) electrons. The normalized spacial score (nSPS) is 32.8. The van der Waals surface area contributed by atoms with E-state index >= 15 is 0 Å². The monoisotopic (exact) mass is 239 g/mol. The SMILES string of the molecule is CNC(=O)C1(C)CCN(C(=O)[C@H]2CCCN2)C1. The van der Waals surface area contributed by atoms with Gasteiger partial charge in [0.15, 0.2) is 0 Å². The molecule has 0 spiro atoms. The number of amides is 2. The Hall–Kier alpha value is -1.10. The van der Waals surface area contributed by atoms with E-state index < -0.39 is 5.41 Å². The summed E-state index contributed by atoms with van der Waals surface area (Å²) in [6, 6.07) is -0.0259. The molecule has 2 atom stereocenters. The Morgan fingerprint density at radius 1 is 1.47 bits per heavy atom. The van der Waals surface area contributed by atoms with Gasteiger partial charge in [-0.25, -0.2) is 0 Å². The van der Waals surface area contributed by atoms with Crippen molar-refractivity contribution < 1.29 is 9.59 Å². The first-order valence-corrected chi connectivity index (χ1v) is 6.31. The topological polar surface area (TPSA) is 61.4 Å². The second-order valence-electron chi connectivity index (χ2n) is 5.30. The number of rotatable bonds is 2. The lowest BCUT2D eigenvalue weighted by Crippen LogP contribution is -2.45. The summed E-state index contributed by atoms with van der Waals surface area (Å²) in [5.74, 6) is 0.197. The van der Waals surface area contributed by atoms with E-state index in [-0.39, 0.29) is 17.9 Å². The second-order valence-corrected chi connectivity index (χ2v) is 5.30. The fourth-order valence-corrected chi connectivity index (χ4v) is 2.75. The molecule has 0 saturated carbocycles. The number of hydrogen-bond acceptors (Lipinski definition) is 3. The van der Waals surface area contributed by atoms with Crippen molar-refractivity contribution in [3.05, 3.63) is 0 Å². The van der Waals surface area contributed by atoms with Crippen LogP contribution in [0.2, 0.25) is 0 Å². The Balaban J connectivity index is 1.97. The highest BCUT2D eigenvalue weighted by Gasteiger charge is 2.42. The molecule has 2 aliphatic rings. The standard InChI is InChI=1S/C12H21N3O2/c1-12(11(17)13-2)5-7-15(8-12)10(16)9-4-3-6-14-9/h9,14H,3-8H2,1-2H3,(H,13,17)/t9-,12?/m1/s1. The van der Waals surface area contributed by atoms with Crippen LogP contribution in [0.1, 0.15) is 26.2 Å². The van der Waals surface area contributed by atoms with E-state index in [1.54, 1.807) is 7.05 Å². The third-order valence-electron chi connectivity index (χ3n) is 3.92. The molecule has 2 N–H and O–H groups in total. The van der Waals surface area contributed by atoms with E-state index in [0.29, 0.717) is 13.1 Å². The summed E-state index contributed by atoms with van der Waals surface area (Å²) < 4.78 is 0. The van der Waals surface area contributed by atoms with Gasteiger partial charge < -0.3 is 15.5 Å². The van der Waals surface area contributed by atoms with Crippen LogP contribution in [0.25, 0.3) is 0 Å². The van der Waals surface area contributed by atoms with Crippen LogP contribution in [0, 0.1) is 5.41 Å². The fourth-order valence-electron chi connectivity index (χ4n) is 2.75. The molecule has 17 heavy (non-hydrogen) atoms. The van der Waals surface area contributed by atoms with Crippen molar-refractivity contribution in [3.63, 3.8) is 0 Å². The molecule has 0 aromatic heterocycles. The van der Waals surface area contributed by atoms with Crippen molar-refractivity contribution in [2.75, 3.05) is 26.7 Å². The summed E-state index contributed by atoms with van der Waals surface area (Å²) in [6.07, 6.45) is 2.74. The van der Waals surface area contributed by atoms with Crippen LogP contribution in [0.15, 0.2) is 0 Å². The highest BCUT2D eigenvalue weighted by molar-refractivity contribution is 5.86. The van der Waals surface area contributed by atoms with Gasteiger partial charge >= 0.3 is 0 Å². The van der Waals surface area contributed by atoms with Crippen LogP contribution in [-0.4, -0.2) is 49.4 Å². The molecule has 2 heterocycles. The first-order chi connectivity index (χ1) is 8.07. The van der Waals surface area contributed by atoms with Crippen LogP contribution in [0.4, 0.5) is 0 Å². The second kappa shape index (κ2) is 4.64. The molecule has 0 aromatic rings. The fraction of sp³-hybridized carbons (Fsp3) is 0.833. The summed E-state index contributed by atoms with van der Waals surface area (Å²) in [6.45, 7) is 4.10. The third kappa shape index (κ3) is 2.29. The molecule has 5 nitrogen and oxygen atoms in total. The molecular weight excluding hydrogens is 218 g/mol. The van der Waals surface area contributed by atoms with Crippen molar-refractivity contribution in [2.45, 2.75) is 32.2 Å². The van der Waals surface area contributed by atoms with Crippen molar-refractivity contribution in [1.82, 2.24) is 15.5 Å². The maximum atomic E-state index is 12.2. The lowest BCUT2D eigenvalue weighted by atomic mass is 9.89. The van der Waals surface area contributed by atoms with Gasteiger partial charge in [0.1, 0.15) is 0 Å². The van der Waals surface area contributed by atoms with Gasteiger partial charge in [0, 0.05) is 20.1 Å². The van der Waals surface area contributed by atoms with E-state index in [9.17, 15) is 9.59 Å². The van der Waals surface area contributed by atoms with Crippen molar-refractivity contribution in [1.29, 1.82) is 0 Å². The maximum Gasteiger partial charge on any atom is 0.239 e. The summed E-state index contributed by atoms with van der Waals surface area (Å²) in [4.78, 5) is 25.8. The largest absolute Gasteiger partial charge is 0.359 e. The van der Waals surface area contributed by atoms with Crippen molar-refractivity contribution in [2.24, 2.45) is 5.41 Å². The van der Waals surface area contributed by atoms with Crippen LogP contribution in [0.3, 0.4) is 0 Å². The molecule has 2 rings (SSSR count). The van der Waals surface area contributed by atoms with Gasteiger partial charge in [-0.3, -0.25) is 9.59 Å². The number of nitrogens with one attached hydrogen (secondary N) is 2. The zero-order valence-corrected chi connectivity index (χ0v) is 10.6. The van der Waals surface area contributed by atoms with Gasteiger partial charge in [-0.2, -0.15) is 0 Å². The Morgan fingerprint density at radius 2 is 2.24 bits per heavy atom. The molecular formula is C12H21N3O2. The van der Waals surface area contributed by atoms with Crippen LogP contribution < -0.4 is 10.6 Å². The van der Waals surface area contributed by atoms with Gasteiger partial charge in [-0.1, -0.05) is 0 Å². The predicted octanol–water partition coefficient (Wildman–Crippen LogP) is -0.277. The van der Waals surface area contributed by atoms with Crippen LogP contribution >= 0.6 is 0 Å². The first-order valence-electron chi connectivity index (χ1n) is 6.31. The first kappa shape index (κ1) is 12.4. The molecule has 2 saturated heterocycles. The van der Waals surface area contributed by atoms with Gasteiger partial charge in [-0.05, 0) is 32.7 Å². The molecule has 5 heteroatoms. The van der Waals surface area contributed by atoms with Gasteiger partial charge in [0.25, 0.3) is 0 Å². The van der Waals surface area contributed by atoms with Crippen LogP contribution in [0.5, 0.6) is 0 Å². The average molecular weight is 239 g/mol. The molecule has 2 amide bonds. The molecule has 2 fully saturated rings. The lowest BCUT2D eigenvalue weighted by Gasteiger charge is -2.24. The van der Waals surface area contributed by atoms with Gasteiger partial charge in [-0.15, -0.1) is 0 Å². The average Bonchev–Trinajstić information content (AvgIpc) is 2.96. The Bertz CT molecular complexity index is 326. The summed E-state index contributed by atoms with van der Waals surface area (Å²) >= 11 is 0. The molecule has 96 valence electrons. The van der Waals surface area contributed by atoms with E-state index in [1.807, 2.05) is 11.8 Å². The molecule has 0 bridgehead atoms. The molecule has 2 aliphatic heterocycles. The van der Waals surface area contributed by atoms with E-state index in [1.165, 1.54) is 0 Å². The van der Waals surface area contributed by atoms with Gasteiger partial charge in [0.05, 0.1) is 11.5 Å². The Kier molecular flexibility index (Phi) is 3.38. The minimum absolute atomic E-state index is 0.0259. The molecule has 1 unspecified atom stereocenters. The number of carbonyl (C=O) groups excluding carboxylic acids is 2. The Morgan fingerprint density at radius 3 is 2.82 bits per heavy atom. The quantitative estimate of drug-likeness (QED) is 0.697. The zero-order chi connectivity index (χ0) is 12.5. The van der Waals surface area contributed by atoms with E-state index in [2.05, 4.69) is 10.6 Å². The third-order valence-corrected chi connectivity index (χ3v) is 3.92. The number of likely N-dealkylation sites (tertiary alicyclic amines) is 1. The van der Waals surface area contributed by atoms with Gasteiger partial charge in [0.2, 0.25) is 11.8 Å². The maximum absolute atomic E-state index is 12.2. The van der Waals surface area contributed by atoms with Crippen molar-refractivity contribution in [3.8, 4) is 0 Å².